The summed E-state index contributed by atoms with van der Waals surface area (Å²) in [5, 5.41) is 13.6. The minimum atomic E-state index is 0.0817. The Labute approximate surface area is 108 Å². The molecule has 0 aromatic carbocycles. The van der Waals surface area contributed by atoms with Crippen molar-refractivity contribution in [1.82, 2.24) is 10.2 Å². The number of aromatic nitrogens is 2. The van der Waals surface area contributed by atoms with E-state index >= 15 is 0 Å². The fraction of sp³-hybridized carbons (Fsp3) is 0.833. The van der Waals surface area contributed by atoms with Crippen LogP contribution in [0.5, 0.6) is 0 Å². The first-order valence-corrected chi connectivity index (χ1v) is 6.90. The van der Waals surface area contributed by atoms with Gasteiger partial charge in [-0.2, -0.15) is 0 Å². The molecule has 0 amide bonds. The lowest BCUT2D eigenvalue weighted by atomic mass is 9.98. The van der Waals surface area contributed by atoms with Crippen LogP contribution in [0, 0.1) is 0 Å². The standard InChI is InChI=1S/C12H23N3OS/c1-9(2)16-8-6-7-13-11-15-14-10(17-11)12(3,4)5/h9H,6-8H2,1-5H3,(H,13,15). The molecule has 98 valence electrons. The van der Waals surface area contributed by atoms with E-state index in [4.69, 9.17) is 4.74 Å². The molecule has 0 bridgehead atoms. The number of nitrogens with one attached hydrogen (secondary N) is 1. The molecule has 0 fully saturated rings. The quantitative estimate of drug-likeness (QED) is 0.796. The average Bonchev–Trinajstić information content (AvgIpc) is 2.64. The largest absolute Gasteiger partial charge is 0.379 e. The van der Waals surface area contributed by atoms with Gasteiger partial charge in [-0.25, -0.2) is 0 Å². The van der Waals surface area contributed by atoms with Crippen molar-refractivity contribution in [2.45, 2.75) is 52.6 Å². The molecular weight excluding hydrogens is 234 g/mol. The number of anilines is 1. The smallest absolute Gasteiger partial charge is 0.205 e. The number of hydrogen-bond donors (Lipinski definition) is 1. The maximum Gasteiger partial charge on any atom is 0.205 e. The topological polar surface area (TPSA) is 47.0 Å². The Morgan fingerprint density at radius 2 is 2.00 bits per heavy atom. The Hall–Kier alpha value is -0.680. The van der Waals surface area contributed by atoms with E-state index in [0.717, 1.165) is 29.7 Å². The molecule has 1 aromatic heterocycles. The van der Waals surface area contributed by atoms with Gasteiger partial charge in [0.05, 0.1) is 6.10 Å². The summed E-state index contributed by atoms with van der Waals surface area (Å²) in [6, 6.07) is 0. The first kappa shape index (κ1) is 14.4. The SMILES string of the molecule is CC(C)OCCCNc1nnc(C(C)(C)C)s1. The molecule has 17 heavy (non-hydrogen) atoms. The molecule has 0 radical (unpaired) electrons. The summed E-state index contributed by atoms with van der Waals surface area (Å²) in [6.07, 6.45) is 1.30. The average molecular weight is 257 g/mol. The van der Waals surface area contributed by atoms with Crippen molar-refractivity contribution >= 4 is 16.5 Å². The summed E-state index contributed by atoms with van der Waals surface area (Å²) < 4.78 is 5.47. The second kappa shape index (κ2) is 6.31. The third-order valence-electron chi connectivity index (χ3n) is 2.12. The number of nitrogens with zero attached hydrogens (tertiary/aromatic N) is 2. The zero-order valence-electron chi connectivity index (χ0n) is 11.4. The maximum atomic E-state index is 5.47. The number of ether oxygens (including phenoxy) is 1. The Bertz CT molecular complexity index is 331. The fourth-order valence-electron chi connectivity index (χ4n) is 1.18. The Morgan fingerprint density at radius 3 is 2.53 bits per heavy atom. The summed E-state index contributed by atoms with van der Waals surface area (Å²) >= 11 is 1.63. The zero-order chi connectivity index (χ0) is 12.9. The molecule has 0 spiro atoms. The van der Waals surface area contributed by atoms with Crippen LogP contribution < -0.4 is 5.32 Å². The monoisotopic (exact) mass is 257 g/mol. The summed E-state index contributed by atoms with van der Waals surface area (Å²) in [5.41, 5.74) is 0.0817. The summed E-state index contributed by atoms with van der Waals surface area (Å²) in [6.45, 7) is 12.2. The molecule has 4 nitrogen and oxygen atoms in total. The van der Waals surface area contributed by atoms with Crippen molar-refractivity contribution in [1.29, 1.82) is 0 Å². The van der Waals surface area contributed by atoms with Crippen molar-refractivity contribution in [2.75, 3.05) is 18.5 Å². The van der Waals surface area contributed by atoms with Crippen molar-refractivity contribution in [3.8, 4) is 0 Å². The predicted molar refractivity (Wildman–Crippen MR) is 72.8 cm³/mol. The first-order chi connectivity index (χ1) is 7.89. The third kappa shape index (κ3) is 5.46. The summed E-state index contributed by atoms with van der Waals surface area (Å²) in [4.78, 5) is 0. The van der Waals surface area contributed by atoms with Crippen molar-refractivity contribution < 1.29 is 4.74 Å². The van der Waals surface area contributed by atoms with Crippen LogP contribution in [0.15, 0.2) is 0 Å². The first-order valence-electron chi connectivity index (χ1n) is 6.09. The van der Waals surface area contributed by atoms with Gasteiger partial charge in [-0.3, -0.25) is 0 Å². The second-order valence-electron chi connectivity index (χ2n) is 5.36. The minimum Gasteiger partial charge on any atom is -0.379 e. The van der Waals surface area contributed by atoms with E-state index in [1.165, 1.54) is 0 Å². The van der Waals surface area contributed by atoms with E-state index in [1.807, 2.05) is 13.8 Å². The van der Waals surface area contributed by atoms with Gasteiger partial charge in [0.15, 0.2) is 0 Å². The lowest BCUT2D eigenvalue weighted by molar-refractivity contribution is 0.0787. The van der Waals surface area contributed by atoms with Gasteiger partial charge >= 0.3 is 0 Å². The van der Waals surface area contributed by atoms with E-state index in [1.54, 1.807) is 11.3 Å². The van der Waals surface area contributed by atoms with Gasteiger partial charge in [0.1, 0.15) is 5.01 Å². The number of hydrogen-bond acceptors (Lipinski definition) is 5. The highest BCUT2D eigenvalue weighted by Crippen LogP contribution is 2.27. The number of rotatable bonds is 6. The minimum absolute atomic E-state index is 0.0817. The van der Waals surface area contributed by atoms with Gasteiger partial charge in [0.25, 0.3) is 0 Å². The molecule has 0 aliphatic carbocycles. The van der Waals surface area contributed by atoms with Crippen LogP contribution in [-0.4, -0.2) is 29.5 Å². The van der Waals surface area contributed by atoms with Crippen LogP contribution in [0.1, 0.15) is 46.0 Å². The van der Waals surface area contributed by atoms with E-state index in [2.05, 4.69) is 36.3 Å². The fourth-order valence-corrected chi connectivity index (χ4v) is 2.01. The zero-order valence-corrected chi connectivity index (χ0v) is 12.2. The van der Waals surface area contributed by atoms with E-state index < -0.39 is 0 Å². The molecule has 0 saturated heterocycles. The molecule has 0 aliphatic heterocycles. The molecule has 0 saturated carbocycles. The van der Waals surface area contributed by atoms with Crippen molar-refractivity contribution in [2.24, 2.45) is 0 Å². The third-order valence-corrected chi connectivity index (χ3v) is 3.42. The molecule has 5 heteroatoms. The highest BCUT2D eigenvalue weighted by molar-refractivity contribution is 7.15. The highest BCUT2D eigenvalue weighted by atomic mass is 32.1. The summed E-state index contributed by atoms with van der Waals surface area (Å²) in [5.74, 6) is 0. The molecule has 0 unspecified atom stereocenters. The van der Waals surface area contributed by atoms with Gasteiger partial charge in [-0.1, -0.05) is 32.1 Å². The van der Waals surface area contributed by atoms with Gasteiger partial charge in [-0.15, -0.1) is 10.2 Å². The van der Waals surface area contributed by atoms with Crippen LogP contribution >= 0.6 is 11.3 Å². The molecule has 0 aliphatic rings. The highest BCUT2D eigenvalue weighted by Gasteiger charge is 2.18. The molecule has 1 N–H and O–H groups in total. The van der Waals surface area contributed by atoms with Gasteiger partial charge in [0, 0.05) is 18.6 Å². The molecule has 0 atom stereocenters. The van der Waals surface area contributed by atoms with Gasteiger partial charge < -0.3 is 10.1 Å². The normalized spacial score (nSPS) is 12.1. The molecule has 1 aromatic rings. The van der Waals surface area contributed by atoms with Crippen LogP contribution in [-0.2, 0) is 10.2 Å². The molecule has 1 rings (SSSR count). The van der Waals surface area contributed by atoms with Gasteiger partial charge in [0.2, 0.25) is 5.13 Å². The van der Waals surface area contributed by atoms with Crippen LogP contribution in [0.25, 0.3) is 0 Å². The summed E-state index contributed by atoms with van der Waals surface area (Å²) in [7, 11) is 0. The molecule has 1 heterocycles. The van der Waals surface area contributed by atoms with Gasteiger partial charge in [-0.05, 0) is 20.3 Å². The predicted octanol–water partition coefficient (Wildman–Crippen LogP) is 3.06. The lowest BCUT2D eigenvalue weighted by Gasteiger charge is -2.12. The molecular formula is C12H23N3OS. The van der Waals surface area contributed by atoms with E-state index in [-0.39, 0.29) is 5.41 Å². The van der Waals surface area contributed by atoms with Crippen molar-refractivity contribution in [3.63, 3.8) is 0 Å². The van der Waals surface area contributed by atoms with Crippen LogP contribution in [0.4, 0.5) is 5.13 Å². The Balaban J connectivity index is 2.26. The maximum absolute atomic E-state index is 5.47. The van der Waals surface area contributed by atoms with Crippen LogP contribution in [0.3, 0.4) is 0 Å². The Kier molecular flexibility index (Phi) is 5.33. The second-order valence-corrected chi connectivity index (χ2v) is 6.34. The van der Waals surface area contributed by atoms with E-state index in [9.17, 15) is 0 Å². The van der Waals surface area contributed by atoms with Crippen molar-refractivity contribution in [3.05, 3.63) is 5.01 Å². The Morgan fingerprint density at radius 1 is 1.29 bits per heavy atom. The van der Waals surface area contributed by atoms with E-state index in [0.29, 0.717) is 6.10 Å². The lowest BCUT2D eigenvalue weighted by Crippen LogP contribution is -2.10. The van der Waals surface area contributed by atoms with Crippen LogP contribution in [0.2, 0.25) is 0 Å².